The standard InChI is InChI=1S/C15H25NS4/c17-8-2-10-19-12-6-14-4-1-5-15(16-14)7-13-20-11-3-9-18/h1,4-5,17-18H,2-3,6-13H2. The molecule has 0 amide bonds. The summed E-state index contributed by atoms with van der Waals surface area (Å²) in [4.78, 5) is 4.75. The number of hydrogen-bond donors (Lipinski definition) is 2. The number of aryl methyl sites for hydroxylation is 2. The van der Waals surface area contributed by atoms with Crippen molar-refractivity contribution in [3.63, 3.8) is 0 Å². The highest BCUT2D eigenvalue weighted by Gasteiger charge is 1.99. The molecule has 0 fully saturated rings. The molecule has 114 valence electrons. The second-order valence-corrected chi connectivity index (χ2v) is 7.84. The van der Waals surface area contributed by atoms with E-state index in [9.17, 15) is 0 Å². The van der Waals surface area contributed by atoms with Crippen molar-refractivity contribution in [1.82, 2.24) is 4.98 Å². The molecule has 0 saturated heterocycles. The van der Waals surface area contributed by atoms with E-state index in [1.165, 1.54) is 47.2 Å². The fraction of sp³-hybridized carbons (Fsp3) is 0.667. The zero-order valence-electron chi connectivity index (χ0n) is 12.0. The summed E-state index contributed by atoms with van der Waals surface area (Å²) in [6.07, 6.45) is 4.56. The van der Waals surface area contributed by atoms with Crippen molar-refractivity contribution >= 4 is 48.8 Å². The molecule has 5 heteroatoms. The number of thiol groups is 2. The molecule has 0 N–H and O–H groups in total. The van der Waals surface area contributed by atoms with Gasteiger partial charge in [0.2, 0.25) is 0 Å². The van der Waals surface area contributed by atoms with Crippen LogP contribution in [0.2, 0.25) is 0 Å². The molecule has 0 radical (unpaired) electrons. The lowest BCUT2D eigenvalue weighted by Crippen LogP contribution is -1.99. The minimum absolute atomic E-state index is 0.992. The van der Waals surface area contributed by atoms with E-state index in [4.69, 9.17) is 4.98 Å². The summed E-state index contributed by atoms with van der Waals surface area (Å²) in [5.74, 6) is 6.75. The molecule has 0 saturated carbocycles. The first-order chi connectivity index (χ1) is 9.86. The van der Waals surface area contributed by atoms with Gasteiger partial charge >= 0.3 is 0 Å². The van der Waals surface area contributed by atoms with E-state index in [-0.39, 0.29) is 0 Å². The molecule has 0 aliphatic heterocycles. The van der Waals surface area contributed by atoms with Gasteiger partial charge in [-0.25, -0.2) is 0 Å². The van der Waals surface area contributed by atoms with E-state index in [2.05, 4.69) is 43.5 Å². The molecule has 0 aliphatic rings. The minimum Gasteiger partial charge on any atom is -0.258 e. The topological polar surface area (TPSA) is 12.9 Å². The summed E-state index contributed by atoms with van der Waals surface area (Å²) < 4.78 is 0. The third kappa shape index (κ3) is 9.48. The van der Waals surface area contributed by atoms with E-state index < -0.39 is 0 Å². The summed E-state index contributed by atoms with van der Waals surface area (Å²) in [5.41, 5.74) is 2.47. The normalized spacial score (nSPS) is 10.9. The van der Waals surface area contributed by atoms with Crippen LogP contribution in [0.1, 0.15) is 24.2 Å². The van der Waals surface area contributed by atoms with Gasteiger partial charge in [0.05, 0.1) is 0 Å². The van der Waals surface area contributed by atoms with E-state index in [1.54, 1.807) is 0 Å². The third-order valence-corrected chi connectivity index (χ3v) is 5.54. The Morgan fingerprint density at radius 3 is 1.75 bits per heavy atom. The van der Waals surface area contributed by atoms with Gasteiger partial charge in [-0.3, -0.25) is 4.98 Å². The van der Waals surface area contributed by atoms with Gasteiger partial charge in [0, 0.05) is 11.4 Å². The summed E-state index contributed by atoms with van der Waals surface area (Å²) in [5, 5.41) is 0. The Balaban J connectivity index is 2.19. The Labute approximate surface area is 143 Å². The molecule has 0 unspecified atom stereocenters. The van der Waals surface area contributed by atoms with Crippen LogP contribution in [0.3, 0.4) is 0 Å². The predicted octanol–water partition coefficient (Wildman–Crippen LogP) is 4.27. The summed E-state index contributed by atoms with van der Waals surface area (Å²) in [6.45, 7) is 0. The fourth-order valence-corrected chi connectivity index (χ4v) is 4.25. The Bertz CT molecular complexity index is 317. The number of aromatic nitrogens is 1. The average Bonchev–Trinajstić information content (AvgIpc) is 2.47. The molecule has 1 heterocycles. The molecule has 1 nitrogen and oxygen atoms in total. The average molecular weight is 348 g/mol. The Kier molecular flexibility index (Phi) is 12.3. The maximum absolute atomic E-state index is 4.75. The number of hydrogen-bond acceptors (Lipinski definition) is 5. The predicted molar refractivity (Wildman–Crippen MR) is 103 cm³/mol. The first-order valence-electron chi connectivity index (χ1n) is 7.19. The molecule has 0 aromatic carbocycles. The highest BCUT2D eigenvalue weighted by Crippen LogP contribution is 2.10. The quantitative estimate of drug-likeness (QED) is 0.433. The van der Waals surface area contributed by atoms with Crippen molar-refractivity contribution in [2.45, 2.75) is 25.7 Å². The molecular formula is C15H25NS4. The zero-order chi connectivity index (χ0) is 14.5. The molecule has 1 aromatic rings. The van der Waals surface area contributed by atoms with Crippen LogP contribution in [0, 0.1) is 0 Å². The number of rotatable bonds is 12. The van der Waals surface area contributed by atoms with E-state index in [0.29, 0.717) is 0 Å². The van der Waals surface area contributed by atoms with Gasteiger partial charge in [0.15, 0.2) is 0 Å². The summed E-state index contributed by atoms with van der Waals surface area (Å²) >= 11 is 12.5. The number of thioether (sulfide) groups is 2. The summed E-state index contributed by atoms with van der Waals surface area (Å²) in [7, 11) is 0. The first kappa shape index (κ1) is 18.6. The minimum atomic E-state index is 0.992. The maximum atomic E-state index is 4.75. The Hall–Kier alpha value is 0.550. The fourth-order valence-electron chi connectivity index (χ4n) is 1.70. The summed E-state index contributed by atoms with van der Waals surface area (Å²) in [6, 6.07) is 6.45. The molecule has 20 heavy (non-hydrogen) atoms. The molecular weight excluding hydrogens is 322 g/mol. The van der Waals surface area contributed by atoms with Crippen LogP contribution < -0.4 is 0 Å². The zero-order valence-corrected chi connectivity index (χ0v) is 15.4. The number of nitrogens with zero attached hydrogens (tertiary/aromatic N) is 1. The van der Waals surface area contributed by atoms with E-state index >= 15 is 0 Å². The van der Waals surface area contributed by atoms with Crippen LogP contribution in [-0.4, -0.2) is 39.5 Å². The van der Waals surface area contributed by atoms with Gasteiger partial charge in [0.1, 0.15) is 0 Å². The molecule has 0 atom stereocenters. The van der Waals surface area contributed by atoms with Crippen molar-refractivity contribution in [2.75, 3.05) is 34.5 Å². The van der Waals surface area contributed by atoms with E-state index in [0.717, 1.165) is 24.3 Å². The molecule has 1 rings (SSSR count). The van der Waals surface area contributed by atoms with Crippen LogP contribution in [0.25, 0.3) is 0 Å². The number of pyridine rings is 1. The van der Waals surface area contributed by atoms with Crippen molar-refractivity contribution in [2.24, 2.45) is 0 Å². The molecule has 0 bridgehead atoms. The van der Waals surface area contributed by atoms with Gasteiger partial charge in [-0.05, 0) is 72.3 Å². The maximum Gasteiger partial charge on any atom is 0.0415 e. The second kappa shape index (κ2) is 13.2. The second-order valence-electron chi connectivity index (χ2n) is 4.50. The van der Waals surface area contributed by atoms with Gasteiger partial charge < -0.3 is 0 Å². The van der Waals surface area contributed by atoms with Crippen LogP contribution in [-0.2, 0) is 12.8 Å². The lowest BCUT2D eigenvalue weighted by atomic mass is 10.2. The third-order valence-electron chi connectivity index (χ3n) is 2.76. The smallest absolute Gasteiger partial charge is 0.0415 e. The molecule has 0 aliphatic carbocycles. The largest absolute Gasteiger partial charge is 0.258 e. The van der Waals surface area contributed by atoms with Gasteiger partial charge in [0.25, 0.3) is 0 Å². The lowest BCUT2D eigenvalue weighted by molar-refractivity contribution is 0.962. The monoisotopic (exact) mass is 347 g/mol. The Morgan fingerprint density at radius 2 is 1.30 bits per heavy atom. The van der Waals surface area contributed by atoms with Crippen molar-refractivity contribution in [1.29, 1.82) is 0 Å². The SMILES string of the molecule is SCCCSCCc1cccc(CCSCCCS)n1. The van der Waals surface area contributed by atoms with Crippen LogP contribution in [0.4, 0.5) is 0 Å². The molecule has 0 spiro atoms. The van der Waals surface area contributed by atoms with Crippen molar-refractivity contribution in [3.8, 4) is 0 Å². The van der Waals surface area contributed by atoms with Gasteiger partial charge in [-0.1, -0.05) is 6.07 Å². The highest BCUT2D eigenvalue weighted by molar-refractivity contribution is 7.99. The lowest BCUT2D eigenvalue weighted by Gasteiger charge is -2.05. The van der Waals surface area contributed by atoms with Crippen molar-refractivity contribution in [3.05, 3.63) is 29.6 Å². The van der Waals surface area contributed by atoms with Crippen LogP contribution in [0.15, 0.2) is 18.2 Å². The Morgan fingerprint density at radius 1 is 0.800 bits per heavy atom. The first-order valence-corrected chi connectivity index (χ1v) is 10.8. The van der Waals surface area contributed by atoms with Gasteiger partial charge in [-0.15, -0.1) is 0 Å². The van der Waals surface area contributed by atoms with Crippen LogP contribution in [0.5, 0.6) is 0 Å². The van der Waals surface area contributed by atoms with E-state index in [1.807, 2.05) is 23.5 Å². The van der Waals surface area contributed by atoms with Crippen LogP contribution >= 0.6 is 48.8 Å². The van der Waals surface area contributed by atoms with Gasteiger partial charge in [-0.2, -0.15) is 48.8 Å². The van der Waals surface area contributed by atoms with Crippen molar-refractivity contribution < 1.29 is 0 Å². The molecule has 1 aromatic heterocycles. The highest BCUT2D eigenvalue weighted by atomic mass is 32.2.